The molecular formula is C22H19NO3. The van der Waals surface area contributed by atoms with E-state index >= 15 is 0 Å². The molecule has 0 aromatic heterocycles. The lowest BCUT2D eigenvalue weighted by molar-refractivity contribution is 0.0921. The quantitative estimate of drug-likeness (QED) is 0.669. The van der Waals surface area contributed by atoms with Crippen molar-refractivity contribution in [2.75, 3.05) is 11.9 Å². The van der Waals surface area contributed by atoms with Crippen molar-refractivity contribution in [2.24, 2.45) is 0 Å². The molecule has 0 spiro atoms. The Bertz CT molecular complexity index is 902. The molecule has 0 bridgehead atoms. The first-order valence-electron chi connectivity index (χ1n) is 8.31. The summed E-state index contributed by atoms with van der Waals surface area (Å²) in [6.07, 6.45) is 0. The third kappa shape index (κ3) is 4.36. The highest BCUT2D eigenvalue weighted by molar-refractivity contribution is 6.05. The van der Waals surface area contributed by atoms with Crippen LogP contribution in [0.4, 0.5) is 5.69 Å². The minimum atomic E-state index is -0.156. The predicted octanol–water partition coefficient (Wildman–Crippen LogP) is 4.51. The van der Waals surface area contributed by atoms with Gasteiger partial charge in [-0.15, -0.1) is 0 Å². The maximum absolute atomic E-state index is 12.3. The average Bonchev–Trinajstić information content (AvgIpc) is 2.68. The van der Waals surface area contributed by atoms with Gasteiger partial charge in [0.05, 0.1) is 0 Å². The molecule has 3 aromatic carbocycles. The van der Waals surface area contributed by atoms with Gasteiger partial charge in [0.2, 0.25) is 0 Å². The Hall–Kier alpha value is -3.40. The van der Waals surface area contributed by atoms with Gasteiger partial charge in [-0.2, -0.15) is 0 Å². The van der Waals surface area contributed by atoms with Crippen LogP contribution in [0.3, 0.4) is 0 Å². The van der Waals surface area contributed by atoms with Gasteiger partial charge >= 0.3 is 0 Å². The van der Waals surface area contributed by atoms with Gasteiger partial charge in [-0.1, -0.05) is 48.5 Å². The maximum atomic E-state index is 12.3. The number of carbonyl (C=O) groups excluding carboxylic acids is 2. The summed E-state index contributed by atoms with van der Waals surface area (Å²) in [6.45, 7) is 1.87. The number of carbonyl (C=O) groups is 2. The number of aryl methyl sites for hydroxylation is 1. The van der Waals surface area contributed by atoms with E-state index in [4.69, 9.17) is 4.74 Å². The molecule has 0 atom stereocenters. The molecule has 1 amide bonds. The van der Waals surface area contributed by atoms with E-state index in [1.165, 1.54) is 0 Å². The second kappa shape index (κ2) is 8.12. The Balaban J connectivity index is 1.58. The van der Waals surface area contributed by atoms with Gasteiger partial charge in [0.15, 0.2) is 12.4 Å². The zero-order valence-corrected chi connectivity index (χ0v) is 14.4. The van der Waals surface area contributed by atoms with Crippen molar-refractivity contribution in [3.8, 4) is 5.75 Å². The molecule has 26 heavy (non-hydrogen) atoms. The number of anilines is 1. The summed E-state index contributed by atoms with van der Waals surface area (Å²) in [6, 6.07) is 23.4. The minimum Gasteiger partial charge on any atom is -0.485 e. The zero-order chi connectivity index (χ0) is 18.4. The van der Waals surface area contributed by atoms with Gasteiger partial charge in [0.1, 0.15) is 5.75 Å². The Morgan fingerprint density at radius 2 is 1.50 bits per heavy atom. The Morgan fingerprint density at radius 3 is 2.19 bits per heavy atom. The molecular weight excluding hydrogens is 326 g/mol. The lowest BCUT2D eigenvalue weighted by Gasteiger charge is -2.09. The number of nitrogens with one attached hydrogen (secondary N) is 1. The van der Waals surface area contributed by atoms with Crippen LogP contribution in [0, 0.1) is 6.92 Å². The Labute approximate surface area is 152 Å². The van der Waals surface area contributed by atoms with Gasteiger partial charge in [0.25, 0.3) is 5.91 Å². The van der Waals surface area contributed by atoms with E-state index in [0.29, 0.717) is 22.6 Å². The molecule has 0 saturated heterocycles. The highest BCUT2D eigenvalue weighted by Gasteiger charge is 2.09. The summed E-state index contributed by atoms with van der Waals surface area (Å²) in [4.78, 5) is 24.3. The minimum absolute atomic E-state index is 0.0288. The van der Waals surface area contributed by atoms with Crippen LogP contribution in [0.2, 0.25) is 0 Å². The standard InChI is InChI=1S/C22H19NO3/c1-16-7-5-6-10-20(16)22(25)23-18-11-13-19(14-12-18)26-15-21(24)17-8-3-2-4-9-17/h2-14H,15H2,1H3,(H,23,25). The summed E-state index contributed by atoms with van der Waals surface area (Å²) in [5.74, 6) is 0.335. The molecule has 0 unspecified atom stereocenters. The molecule has 0 aliphatic rings. The fraction of sp³-hybridized carbons (Fsp3) is 0.0909. The largest absolute Gasteiger partial charge is 0.485 e. The van der Waals surface area contributed by atoms with Gasteiger partial charge in [-0.3, -0.25) is 9.59 Å². The molecule has 0 aliphatic carbocycles. The number of Topliss-reactive ketones (excluding diaryl/α,β-unsaturated/α-hetero) is 1. The van der Waals surface area contributed by atoms with Crippen molar-refractivity contribution in [3.05, 3.63) is 95.6 Å². The summed E-state index contributed by atoms with van der Waals surface area (Å²) >= 11 is 0. The van der Waals surface area contributed by atoms with Gasteiger partial charge in [-0.25, -0.2) is 0 Å². The first kappa shape index (κ1) is 17.4. The lowest BCUT2D eigenvalue weighted by Crippen LogP contribution is -2.13. The van der Waals surface area contributed by atoms with E-state index in [9.17, 15) is 9.59 Å². The first-order chi connectivity index (χ1) is 12.6. The lowest BCUT2D eigenvalue weighted by atomic mass is 10.1. The number of ether oxygens (including phenoxy) is 1. The van der Waals surface area contributed by atoms with Crippen molar-refractivity contribution in [2.45, 2.75) is 6.92 Å². The van der Waals surface area contributed by atoms with Crippen LogP contribution >= 0.6 is 0 Å². The van der Waals surface area contributed by atoms with Crippen LogP contribution in [0.15, 0.2) is 78.9 Å². The van der Waals surface area contributed by atoms with E-state index in [-0.39, 0.29) is 18.3 Å². The second-order valence-electron chi connectivity index (χ2n) is 5.87. The highest BCUT2D eigenvalue weighted by atomic mass is 16.5. The van der Waals surface area contributed by atoms with E-state index < -0.39 is 0 Å². The normalized spacial score (nSPS) is 10.2. The third-order valence-corrected chi connectivity index (χ3v) is 3.97. The van der Waals surface area contributed by atoms with Crippen molar-refractivity contribution in [1.82, 2.24) is 0 Å². The van der Waals surface area contributed by atoms with Gasteiger partial charge in [-0.05, 0) is 42.8 Å². The number of hydrogen-bond acceptors (Lipinski definition) is 3. The fourth-order valence-corrected chi connectivity index (χ4v) is 2.52. The Kier molecular flexibility index (Phi) is 5.44. The maximum Gasteiger partial charge on any atom is 0.255 e. The van der Waals surface area contributed by atoms with Crippen molar-refractivity contribution in [3.63, 3.8) is 0 Å². The summed E-state index contributed by atoms with van der Waals surface area (Å²) in [5, 5.41) is 2.86. The predicted molar refractivity (Wildman–Crippen MR) is 102 cm³/mol. The Morgan fingerprint density at radius 1 is 0.846 bits per heavy atom. The SMILES string of the molecule is Cc1ccccc1C(=O)Nc1ccc(OCC(=O)c2ccccc2)cc1. The number of hydrogen-bond donors (Lipinski definition) is 1. The van der Waals surface area contributed by atoms with Crippen LogP contribution in [-0.4, -0.2) is 18.3 Å². The molecule has 0 fully saturated rings. The van der Waals surface area contributed by atoms with Gasteiger partial charge < -0.3 is 10.1 Å². The van der Waals surface area contributed by atoms with E-state index in [1.807, 2.05) is 43.3 Å². The second-order valence-corrected chi connectivity index (χ2v) is 5.87. The monoisotopic (exact) mass is 345 g/mol. The zero-order valence-electron chi connectivity index (χ0n) is 14.4. The number of amides is 1. The highest BCUT2D eigenvalue weighted by Crippen LogP contribution is 2.17. The average molecular weight is 345 g/mol. The molecule has 4 heteroatoms. The van der Waals surface area contributed by atoms with E-state index in [1.54, 1.807) is 42.5 Å². The van der Waals surface area contributed by atoms with Crippen molar-refractivity contribution < 1.29 is 14.3 Å². The van der Waals surface area contributed by atoms with Crippen molar-refractivity contribution in [1.29, 1.82) is 0 Å². The summed E-state index contributed by atoms with van der Waals surface area (Å²) < 4.78 is 5.52. The molecule has 130 valence electrons. The smallest absolute Gasteiger partial charge is 0.255 e. The van der Waals surface area contributed by atoms with Crippen LogP contribution in [-0.2, 0) is 0 Å². The number of ketones is 1. The van der Waals surface area contributed by atoms with E-state index in [0.717, 1.165) is 5.56 Å². The fourth-order valence-electron chi connectivity index (χ4n) is 2.52. The van der Waals surface area contributed by atoms with Crippen LogP contribution in [0.1, 0.15) is 26.3 Å². The van der Waals surface area contributed by atoms with Crippen LogP contribution < -0.4 is 10.1 Å². The first-order valence-corrected chi connectivity index (χ1v) is 8.31. The third-order valence-electron chi connectivity index (χ3n) is 3.97. The number of benzene rings is 3. The van der Waals surface area contributed by atoms with Gasteiger partial charge in [0, 0.05) is 16.8 Å². The van der Waals surface area contributed by atoms with Crippen molar-refractivity contribution >= 4 is 17.4 Å². The van der Waals surface area contributed by atoms with Crippen LogP contribution in [0.25, 0.3) is 0 Å². The molecule has 1 N–H and O–H groups in total. The van der Waals surface area contributed by atoms with Crippen LogP contribution in [0.5, 0.6) is 5.75 Å². The van der Waals surface area contributed by atoms with E-state index in [2.05, 4.69) is 5.32 Å². The molecule has 3 aromatic rings. The molecule has 4 nitrogen and oxygen atoms in total. The number of rotatable bonds is 6. The topological polar surface area (TPSA) is 55.4 Å². The summed E-state index contributed by atoms with van der Waals surface area (Å²) in [7, 11) is 0. The molecule has 3 rings (SSSR count). The molecule has 0 saturated carbocycles. The summed E-state index contributed by atoms with van der Waals surface area (Å²) in [5.41, 5.74) is 2.85. The molecule has 0 radical (unpaired) electrons. The molecule has 0 aliphatic heterocycles. The molecule has 0 heterocycles.